The molecule has 1 N–H and O–H groups in total. The van der Waals surface area contributed by atoms with Gasteiger partial charge < -0.3 is 5.32 Å². The number of hydrogen-bond donors (Lipinski definition) is 1. The van der Waals surface area contributed by atoms with Crippen LogP contribution in [-0.2, 0) is 4.79 Å². The zero-order valence-corrected chi connectivity index (χ0v) is 12.3. The summed E-state index contributed by atoms with van der Waals surface area (Å²) in [6.45, 7) is 0. The average Bonchev–Trinajstić information content (AvgIpc) is 2.40. The van der Waals surface area contributed by atoms with Crippen molar-refractivity contribution < 1.29 is 4.79 Å². The van der Waals surface area contributed by atoms with Crippen LogP contribution in [0.5, 0.6) is 0 Å². The molecule has 0 aromatic heterocycles. The van der Waals surface area contributed by atoms with Gasteiger partial charge in [-0.25, -0.2) is 0 Å². The summed E-state index contributed by atoms with van der Waals surface area (Å²) in [6, 6.07) is 14.8. The van der Waals surface area contributed by atoms with Gasteiger partial charge in [0.05, 0.1) is 10.7 Å². The van der Waals surface area contributed by atoms with Gasteiger partial charge in [0.25, 0.3) is 0 Å². The number of anilines is 1. The number of rotatable bonds is 3. The molecule has 4 heteroatoms. The van der Waals surface area contributed by atoms with Crippen molar-refractivity contribution >= 4 is 45.2 Å². The fourth-order valence-corrected chi connectivity index (χ4v) is 2.11. The fraction of sp³-hybridized carbons (Fsp3) is 0. The summed E-state index contributed by atoms with van der Waals surface area (Å²) in [6.07, 6.45) is 3.22. The Labute approximate surface area is 125 Å². The second-order valence-electron chi connectivity index (χ2n) is 3.82. The van der Waals surface area contributed by atoms with Crippen LogP contribution in [0.15, 0.2) is 59.1 Å². The molecule has 2 aromatic carbocycles. The molecule has 19 heavy (non-hydrogen) atoms. The highest BCUT2D eigenvalue weighted by molar-refractivity contribution is 9.10. The van der Waals surface area contributed by atoms with Crippen molar-refractivity contribution in [3.63, 3.8) is 0 Å². The van der Waals surface area contributed by atoms with Crippen LogP contribution >= 0.6 is 27.5 Å². The summed E-state index contributed by atoms with van der Waals surface area (Å²) in [5, 5.41) is 3.25. The molecular weight excluding hydrogens is 326 g/mol. The molecule has 0 aliphatic carbocycles. The third-order valence-electron chi connectivity index (χ3n) is 2.45. The van der Waals surface area contributed by atoms with Crippen LogP contribution < -0.4 is 5.32 Å². The number of halogens is 2. The summed E-state index contributed by atoms with van der Waals surface area (Å²) in [7, 11) is 0. The predicted molar refractivity (Wildman–Crippen MR) is 83.3 cm³/mol. The fourth-order valence-electron chi connectivity index (χ4n) is 1.51. The van der Waals surface area contributed by atoms with Crippen LogP contribution in [0.25, 0.3) is 6.08 Å². The first-order valence-electron chi connectivity index (χ1n) is 5.65. The number of para-hydroxylation sites is 1. The van der Waals surface area contributed by atoms with E-state index in [0.29, 0.717) is 10.7 Å². The van der Waals surface area contributed by atoms with E-state index in [9.17, 15) is 4.79 Å². The van der Waals surface area contributed by atoms with Gasteiger partial charge in [-0.05, 0) is 29.8 Å². The molecule has 0 spiro atoms. The quantitative estimate of drug-likeness (QED) is 0.805. The topological polar surface area (TPSA) is 29.1 Å². The summed E-state index contributed by atoms with van der Waals surface area (Å²) >= 11 is 9.39. The monoisotopic (exact) mass is 335 g/mol. The van der Waals surface area contributed by atoms with Gasteiger partial charge in [-0.15, -0.1) is 0 Å². The molecule has 0 radical (unpaired) electrons. The minimum absolute atomic E-state index is 0.219. The van der Waals surface area contributed by atoms with Crippen LogP contribution in [0, 0.1) is 0 Å². The number of nitrogens with one attached hydrogen (secondary N) is 1. The van der Waals surface area contributed by atoms with Gasteiger partial charge in [0, 0.05) is 10.5 Å². The van der Waals surface area contributed by atoms with Crippen molar-refractivity contribution in [2.45, 2.75) is 0 Å². The van der Waals surface area contributed by atoms with Crippen LogP contribution in [0.4, 0.5) is 5.69 Å². The molecule has 2 aromatic rings. The van der Waals surface area contributed by atoms with E-state index < -0.39 is 0 Å². The minimum atomic E-state index is -0.219. The Balaban J connectivity index is 2.06. The Bertz CT molecular complexity index is 625. The van der Waals surface area contributed by atoms with E-state index in [1.165, 1.54) is 6.08 Å². The smallest absolute Gasteiger partial charge is 0.248 e. The lowest BCUT2D eigenvalue weighted by Crippen LogP contribution is -2.07. The maximum atomic E-state index is 11.8. The summed E-state index contributed by atoms with van der Waals surface area (Å²) in [4.78, 5) is 11.8. The lowest BCUT2D eigenvalue weighted by Gasteiger charge is -2.04. The highest BCUT2D eigenvalue weighted by Crippen LogP contribution is 2.21. The number of benzene rings is 2. The molecule has 0 fully saturated rings. The third-order valence-corrected chi connectivity index (χ3v) is 3.50. The molecule has 0 heterocycles. The summed E-state index contributed by atoms with van der Waals surface area (Å²) in [5.74, 6) is -0.219. The van der Waals surface area contributed by atoms with Crippen molar-refractivity contribution in [3.8, 4) is 0 Å². The van der Waals surface area contributed by atoms with Crippen molar-refractivity contribution in [1.29, 1.82) is 0 Å². The molecule has 0 unspecified atom stereocenters. The lowest BCUT2D eigenvalue weighted by atomic mass is 10.2. The Hall–Kier alpha value is -1.58. The van der Waals surface area contributed by atoms with Crippen LogP contribution in [0.3, 0.4) is 0 Å². The zero-order chi connectivity index (χ0) is 13.7. The number of hydrogen-bond acceptors (Lipinski definition) is 1. The first-order chi connectivity index (χ1) is 9.16. The van der Waals surface area contributed by atoms with Gasteiger partial charge >= 0.3 is 0 Å². The first-order valence-corrected chi connectivity index (χ1v) is 6.82. The number of carbonyl (C=O) groups excluding carboxylic acids is 1. The number of amides is 1. The molecule has 0 bridgehead atoms. The van der Waals surface area contributed by atoms with E-state index in [0.717, 1.165) is 10.0 Å². The highest BCUT2D eigenvalue weighted by Gasteiger charge is 2.02. The zero-order valence-electron chi connectivity index (χ0n) is 9.94. The number of carbonyl (C=O) groups is 1. The summed E-state index contributed by atoms with van der Waals surface area (Å²) in [5.41, 5.74) is 1.54. The first kappa shape index (κ1) is 13.8. The standard InChI is InChI=1S/C15H11BrClNO/c16-12-6-2-1-5-11(12)9-10-15(19)18-14-8-4-3-7-13(14)17/h1-10H,(H,18,19)/b10-9+. The van der Waals surface area contributed by atoms with Gasteiger partial charge in [-0.1, -0.05) is 57.9 Å². The van der Waals surface area contributed by atoms with E-state index in [1.54, 1.807) is 18.2 Å². The van der Waals surface area contributed by atoms with E-state index >= 15 is 0 Å². The minimum Gasteiger partial charge on any atom is -0.321 e. The maximum Gasteiger partial charge on any atom is 0.248 e. The van der Waals surface area contributed by atoms with Crippen molar-refractivity contribution in [1.82, 2.24) is 0 Å². The molecule has 1 amide bonds. The van der Waals surface area contributed by atoms with Crippen LogP contribution in [0.2, 0.25) is 5.02 Å². The Kier molecular flexibility index (Phi) is 4.77. The van der Waals surface area contributed by atoms with E-state index in [4.69, 9.17) is 11.6 Å². The highest BCUT2D eigenvalue weighted by atomic mass is 79.9. The largest absolute Gasteiger partial charge is 0.321 e. The van der Waals surface area contributed by atoms with Gasteiger partial charge in [0.1, 0.15) is 0 Å². The predicted octanol–water partition coefficient (Wildman–Crippen LogP) is 4.75. The van der Waals surface area contributed by atoms with Crippen LogP contribution in [0.1, 0.15) is 5.56 Å². The van der Waals surface area contributed by atoms with E-state index in [1.807, 2.05) is 36.4 Å². The second-order valence-corrected chi connectivity index (χ2v) is 5.09. The normalized spacial score (nSPS) is 10.6. The molecule has 0 saturated carbocycles. The average molecular weight is 337 g/mol. The Morgan fingerprint density at radius 1 is 1.11 bits per heavy atom. The molecular formula is C15H11BrClNO. The summed E-state index contributed by atoms with van der Waals surface area (Å²) < 4.78 is 0.941. The van der Waals surface area contributed by atoms with Gasteiger partial charge in [0.15, 0.2) is 0 Å². The van der Waals surface area contributed by atoms with E-state index in [-0.39, 0.29) is 5.91 Å². The molecule has 2 rings (SSSR count). The molecule has 96 valence electrons. The molecule has 0 saturated heterocycles. The lowest BCUT2D eigenvalue weighted by molar-refractivity contribution is -0.111. The van der Waals surface area contributed by atoms with Gasteiger partial charge in [-0.3, -0.25) is 4.79 Å². The van der Waals surface area contributed by atoms with Gasteiger partial charge in [-0.2, -0.15) is 0 Å². The van der Waals surface area contributed by atoms with Crippen molar-refractivity contribution in [2.24, 2.45) is 0 Å². The Morgan fingerprint density at radius 3 is 2.53 bits per heavy atom. The maximum absolute atomic E-state index is 11.8. The third kappa shape index (κ3) is 3.94. The molecule has 0 aliphatic heterocycles. The second kappa shape index (κ2) is 6.55. The van der Waals surface area contributed by atoms with Crippen LogP contribution in [-0.4, -0.2) is 5.91 Å². The van der Waals surface area contributed by atoms with Crippen molar-refractivity contribution in [2.75, 3.05) is 5.32 Å². The molecule has 0 atom stereocenters. The molecule has 0 aliphatic rings. The SMILES string of the molecule is O=C(/C=C/c1ccccc1Br)Nc1ccccc1Cl. The van der Waals surface area contributed by atoms with Crippen molar-refractivity contribution in [3.05, 3.63) is 69.7 Å². The van der Waals surface area contributed by atoms with E-state index in [2.05, 4.69) is 21.2 Å². The molecule has 2 nitrogen and oxygen atoms in total. The Morgan fingerprint density at radius 2 is 1.79 bits per heavy atom. The van der Waals surface area contributed by atoms with Gasteiger partial charge in [0.2, 0.25) is 5.91 Å².